The second kappa shape index (κ2) is 8.24. The van der Waals surface area contributed by atoms with Gasteiger partial charge in [-0.05, 0) is 38.8 Å². The zero-order valence-electron chi connectivity index (χ0n) is 17.3. The first-order valence-corrected chi connectivity index (χ1v) is 12.1. The van der Waals surface area contributed by atoms with Gasteiger partial charge >= 0.3 is 6.03 Å². The topological polar surface area (TPSA) is 106 Å². The molecule has 4 rings (SSSR count). The fourth-order valence-corrected chi connectivity index (χ4v) is 5.74. The van der Waals surface area contributed by atoms with Crippen molar-refractivity contribution in [2.75, 3.05) is 30.7 Å². The molecule has 0 bridgehead atoms. The van der Waals surface area contributed by atoms with Crippen LogP contribution in [-0.2, 0) is 14.8 Å². The van der Waals surface area contributed by atoms with Crippen LogP contribution in [0.2, 0.25) is 0 Å². The predicted octanol–water partition coefficient (Wildman–Crippen LogP) is 2.29. The smallest absolute Gasteiger partial charge is 0.319 e. The zero-order valence-corrected chi connectivity index (χ0v) is 18.2. The zero-order chi connectivity index (χ0) is 21.4. The van der Waals surface area contributed by atoms with E-state index in [2.05, 4.69) is 10.6 Å². The van der Waals surface area contributed by atoms with Gasteiger partial charge < -0.3 is 24.8 Å². The molecule has 3 aliphatic rings. The molecule has 2 atom stereocenters. The van der Waals surface area contributed by atoms with Crippen LogP contribution in [0.15, 0.2) is 18.2 Å². The minimum absolute atomic E-state index is 0.0158. The van der Waals surface area contributed by atoms with Crippen LogP contribution in [0.3, 0.4) is 0 Å². The summed E-state index contributed by atoms with van der Waals surface area (Å²) in [5.74, 6) is 0.589. The van der Waals surface area contributed by atoms with Crippen molar-refractivity contribution < 1.29 is 27.4 Å². The number of anilines is 1. The highest BCUT2D eigenvalue weighted by Gasteiger charge is 2.44. The molecule has 0 radical (unpaired) electrons. The molecule has 1 spiro atoms. The lowest BCUT2D eigenvalue weighted by molar-refractivity contribution is -0.0716. The van der Waals surface area contributed by atoms with Gasteiger partial charge in [0.1, 0.15) is 0 Å². The largest absolute Gasteiger partial charge is 0.448 e. The lowest BCUT2D eigenvalue weighted by Gasteiger charge is -2.34. The number of sulfonamides is 1. The van der Waals surface area contributed by atoms with Crippen LogP contribution in [0, 0.1) is 0 Å². The second-order valence-electron chi connectivity index (χ2n) is 8.25. The molecule has 2 fully saturated rings. The Kier molecular flexibility index (Phi) is 5.82. The number of hydrogen-bond donors (Lipinski definition) is 2. The van der Waals surface area contributed by atoms with Gasteiger partial charge in [0.05, 0.1) is 18.0 Å². The third-order valence-corrected chi connectivity index (χ3v) is 7.39. The molecule has 2 N–H and O–H groups in total. The number of carbonyl (C=O) groups excluding carboxylic acids is 1. The van der Waals surface area contributed by atoms with Gasteiger partial charge in [0.15, 0.2) is 11.5 Å². The van der Waals surface area contributed by atoms with Crippen molar-refractivity contribution in [3.05, 3.63) is 18.2 Å². The van der Waals surface area contributed by atoms with Crippen molar-refractivity contribution in [1.29, 1.82) is 0 Å². The molecule has 2 aliphatic heterocycles. The Balaban J connectivity index is 1.27. The maximum absolute atomic E-state index is 12.5. The third-order valence-electron chi connectivity index (χ3n) is 5.58. The summed E-state index contributed by atoms with van der Waals surface area (Å²) in [5.41, 5.74) is 0.559. The van der Waals surface area contributed by atoms with E-state index in [0.29, 0.717) is 30.3 Å². The number of fused-ring (bicyclic) bond motifs is 1. The van der Waals surface area contributed by atoms with Crippen molar-refractivity contribution in [1.82, 2.24) is 9.62 Å². The minimum Gasteiger partial charge on any atom is -0.448 e. The number of hydrogen-bond acceptors (Lipinski definition) is 6. The molecule has 9 nitrogen and oxygen atoms in total. The van der Waals surface area contributed by atoms with Crippen LogP contribution in [-0.4, -0.2) is 62.1 Å². The van der Waals surface area contributed by atoms with E-state index >= 15 is 0 Å². The van der Waals surface area contributed by atoms with Gasteiger partial charge in [-0.3, -0.25) is 0 Å². The summed E-state index contributed by atoms with van der Waals surface area (Å²) in [6.07, 6.45) is 3.59. The number of nitrogens with one attached hydrogen (secondary N) is 2. The highest BCUT2D eigenvalue weighted by atomic mass is 32.2. The number of rotatable bonds is 5. The lowest BCUT2D eigenvalue weighted by atomic mass is 10.2. The molecule has 0 aromatic heterocycles. The van der Waals surface area contributed by atoms with Crippen LogP contribution in [0.4, 0.5) is 10.5 Å². The van der Waals surface area contributed by atoms with Crippen molar-refractivity contribution in [2.45, 2.75) is 57.5 Å². The molecule has 30 heavy (non-hydrogen) atoms. The summed E-state index contributed by atoms with van der Waals surface area (Å²) in [6.45, 7) is 4.38. The van der Waals surface area contributed by atoms with Crippen molar-refractivity contribution in [2.24, 2.45) is 0 Å². The van der Waals surface area contributed by atoms with Gasteiger partial charge in [-0.15, -0.1) is 0 Å². The van der Waals surface area contributed by atoms with E-state index in [9.17, 15) is 13.2 Å². The molecule has 1 aromatic rings. The summed E-state index contributed by atoms with van der Waals surface area (Å²) in [7, 11) is -3.46. The SMILES string of the molecule is C[C@@H]1CN(S(=O)(=O)CCNC(=O)Nc2ccc3c(c2)OC2(CCCC2)O3)C[C@@H](C)O1. The van der Waals surface area contributed by atoms with Crippen molar-refractivity contribution in [3.63, 3.8) is 0 Å². The predicted molar refractivity (Wildman–Crippen MR) is 111 cm³/mol. The van der Waals surface area contributed by atoms with E-state index in [0.717, 1.165) is 25.7 Å². The van der Waals surface area contributed by atoms with Gasteiger partial charge in [0, 0.05) is 44.2 Å². The van der Waals surface area contributed by atoms with Gasteiger partial charge in [0.25, 0.3) is 5.79 Å². The minimum atomic E-state index is -3.46. The normalized spacial score (nSPS) is 25.4. The van der Waals surface area contributed by atoms with E-state index in [-0.39, 0.29) is 24.5 Å². The van der Waals surface area contributed by atoms with Gasteiger partial charge in [0.2, 0.25) is 10.0 Å². The average molecular weight is 440 g/mol. The molecule has 1 saturated carbocycles. The number of carbonyl (C=O) groups is 1. The van der Waals surface area contributed by atoms with E-state index in [1.165, 1.54) is 4.31 Å². The lowest BCUT2D eigenvalue weighted by Crippen LogP contribution is -2.49. The van der Waals surface area contributed by atoms with Gasteiger partial charge in [-0.2, -0.15) is 4.31 Å². The monoisotopic (exact) mass is 439 g/mol. The summed E-state index contributed by atoms with van der Waals surface area (Å²) in [5, 5.41) is 5.32. The maximum atomic E-state index is 12.5. The molecular formula is C20H29N3O6S. The Hall–Kier alpha value is -2.04. The van der Waals surface area contributed by atoms with E-state index in [1.807, 2.05) is 13.8 Å². The Bertz CT molecular complexity index is 890. The molecule has 1 aromatic carbocycles. The Labute approximate surface area is 177 Å². The fraction of sp³-hybridized carbons (Fsp3) is 0.650. The summed E-state index contributed by atoms with van der Waals surface area (Å²) < 4.78 is 44.0. The number of urea groups is 1. The molecule has 1 saturated heterocycles. The van der Waals surface area contributed by atoms with E-state index in [1.54, 1.807) is 18.2 Å². The molecular weight excluding hydrogens is 410 g/mol. The van der Waals surface area contributed by atoms with Crippen LogP contribution < -0.4 is 20.1 Å². The highest BCUT2D eigenvalue weighted by molar-refractivity contribution is 7.89. The first kappa shape index (κ1) is 21.2. The summed E-state index contributed by atoms with van der Waals surface area (Å²) >= 11 is 0. The van der Waals surface area contributed by atoms with Gasteiger partial charge in [-0.25, -0.2) is 13.2 Å². The quantitative estimate of drug-likeness (QED) is 0.729. The third kappa shape index (κ3) is 4.65. The van der Waals surface area contributed by atoms with Crippen LogP contribution in [0.1, 0.15) is 39.5 Å². The highest BCUT2D eigenvalue weighted by Crippen LogP contribution is 2.47. The van der Waals surface area contributed by atoms with Crippen molar-refractivity contribution >= 4 is 21.7 Å². The van der Waals surface area contributed by atoms with E-state index < -0.39 is 21.8 Å². The first-order valence-electron chi connectivity index (χ1n) is 10.4. The number of benzene rings is 1. The van der Waals surface area contributed by atoms with Crippen molar-refractivity contribution in [3.8, 4) is 11.5 Å². The van der Waals surface area contributed by atoms with Crippen LogP contribution in [0.5, 0.6) is 11.5 Å². The second-order valence-corrected chi connectivity index (χ2v) is 10.3. The molecule has 10 heteroatoms. The number of ether oxygens (including phenoxy) is 3. The molecule has 0 unspecified atom stereocenters. The Morgan fingerprint density at radius 2 is 1.80 bits per heavy atom. The number of morpholine rings is 1. The Morgan fingerprint density at radius 1 is 1.13 bits per heavy atom. The first-order chi connectivity index (χ1) is 14.2. The average Bonchev–Trinajstić information content (AvgIpc) is 3.26. The molecule has 2 heterocycles. The number of amides is 2. The maximum Gasteiger partial charge on any atom is 0.319 e. The molecule has 1 aliphatic carbocycles. The fourth-order valence-electron chi connectivity index (χ4n) is 4.25. The van der Waals surface area contributed by atoms with Gasteiger partial charge in [-0.1, -0.05) is 0 Å². The van der Waals surface area contributed by atoms with Crippen LogP contribution in [0.25, 0.3) is 0 Å². The van der Waals surface area contributed by atoms with Crippen LogP contribution >= 0.6 is 0 Å². The molecule has 166 valence electrons. The molecule has 2 amide bonds. The number of nitrogens with zero attached hydrogens (tertiary/aromatic N) is 1. The summed E-state index contributed by atoms with van der Waals surface area (Å²) in [4.78, 5) is 12.2. The summed E-state index contributed by atoms with van der Waals surface area (Å²) in [6, 6.07) is 4.78. The standard InChI is InChI=1S/C20H29N3O6S/c1-14-12-23(13-15(2)27-14)30(25,26)10-9-21-19(24)22-16-5-6-17-18(11-16)29-20(28-17)7-3-4-8-20/h5-6,11,14-15H,3-4,7-10,12-13H2,1-2H3,(H2,21,22,24)/t14-,15-/m1/s1. The Morgan fingerprint density at radius 3 is 2.50 bits per heavy atom. The van der Waals surface area contributed by atoms with E-state index in [4.69, 9.17) is 14.2 Å².